The molecule has 6 nitrogen and oxygen atoms in total. The zero-order valence-corrected chi connectivity index (χ0v) is 17.4. The maximum Gasteiger partial charge on any atom is 0.361 e. The Labute approximate surface area is 179 Å². The fourth-order valence-electron chi connectivity index (χ4n) is 3.31. The van der Waals surface area contributed by atoms with Crippen LogP contribution in [0.1, 0.15) is 23.0 Å². The van der Waals surface area contributed by atoms with Crippen molar-refractivity contribution in [2.45, 2.75) is 13.5 Å². The lowest BCUT2D eigenvalue weighted by atomic mass is 10.0. The summed E-state index contributed by atoms with van der Waals surface area (Å²) in [5.74, 6) is 0.280. The Morgan fingerprint density at radius 1 is 1.03 bits per heavy atom. The second-order valence-corrected chi connectivity index (χ2v) is 7.16. The second kappa shape index (κ2) is 8.55. The third-order valence-corrected chi connectivity index (χ3v) is 5.01. The van der Waals surface area contributed by atoms with Gasteiger partial charge in [-0.25, -0.2) is 9.48 Å². The minimum Gasteiger partial charge on any atom is -0.497 e. The number of methoxy groups -OCH3 is 1. The van der Waals surface area contributed by atoms with Gasteiger partial charge in [-0.2, -0.15) is 0 Å². The number of carbonyl (C=O) groups is 1. The number of fused-ring (bicyclic) bond motifs is 1. The second-order valence-electron chi connectivity index (χ2n) is 6.72. The number of carbonyl (C=O) groups excluding carboxylic acids is 1. The zero-order valence-electron chi connectivity index (χ0n) is 16.6. The zero-order chi connectivity index (χ0) is 21.1. The monoisotopic (exact) mass is 421 g/mol. The van der Waals surface area contributed by atoms with Crippen molar-refractivity contribution in [1.82, 2.24) is 15.0 Å². The predicted molar refractivity (Wildman–Crippen MR) is 116 cm³/mol. The lowest BCUT2D eigenvalue weighted by Crippen LogP contribution is -2.09. The van der Waals surface area contributed by atoms with Crippen LogP contribution in [0.3, 0.4) is 0 Å². The molecular weight excluding hydrogens is 402 g/mol. The molecule has 3 aromatic carbocycles. The third-order valence-electron chi connectivity index (χ3n) is 4.77. The van der Waals surface area contributed by atoms with Gasteiger partial charge in [0, 0.05) is 10.6 Å². The fraction of sp³-hybridized carbons (Fsp3) is 0.174. The third kappa shape index (κ3) is 4.00. The largest absolute Gasteiger partial charge is 0.497 e. The summed E-state index contributed by atoms with van der Waals surface area (Å²) < 4.78 is 12.1. The van der Waals surface area contributed by atoms with Gasteiger partial charge in [-0.3, -0.25) is 0 Å². The first-order valence-corrected chi connectivity index (χ1v) is 9.90. The Hall–Kier alpha value is -3.38. The van der Waals surface area contributed by atoms with E-state index in [0.29, 0.717) is 17.3 Å². The van der Waals surface area contributed by atoms with Gasteiger partial charge in [0.05, 0.1) is 20.3 Å². The summed E-state index contributed by atoms with van der Waals surface area (Å²) in [6.07, 6.45) is 0. The molecule has 0 amide bonds. The molecule has 0 aliphatic heterocycles. The quantitative estimate of drug-likeness (QED) is 0.410. The molecule has 0 saturated carbocycles. The van der Waals surface area contributed by atoms with Crippen molar-refractivity contribution in [3.63, 3.8) is 0 Å². The highest BCUT2D eigenvalue weighted by Crippen LogP contribution is 2.29. The highest BCUT2D eigenvalue weighted by molar-refractivity contribution is 6.31. The van der Waals surface area contributed by atoms with Crippen LogP contribution in [-0.4, -0.2) is 34.7 Å². The molecule has 1 aromatic heterocycles. The topological polar surface area (TPSA) is 66.2 Å². The van der Waals surface area contributed by atoms with E-state index in [1.807, 2.05) is 60.7 Å². The summed E-state index contributed by atoms with van der Waals surface area (Å²) in [5, 5.41) is 11.1. The number of halogens is 1. The minimum atomic E-state index is -0.496. The van der Waals surface area contributed by atoms with Crippen LogP contribution in [0.25, 0.3) is 22.0 Å². The van der Waals surface area contributed by atoms with Crippen LogP contribution in [-0.2, 0) is 11.3 Å². The molecule has 0 unspecified atom stereocenters. The van der Waals surface area contributed by atoms with Crippen molar-refractivity contribution in [2.24, 2.45) is 0 Å². The van der Waals surface area contributed by atoms with Gasteiger partial charge < -0.3 is 9.47 Å². The Morgan fingerprint density at radius 3 is 2.50 bits per heavy atom. The van der Waals surface area contributed by atoms with Crippen LogP contribution in [0.15, 0.2) is 60.7 Å². The van der Waals surface area contributed by atoms with Crippen LogP contribution in [0.5, 0.6) is 5.75 Å². The van der Waals surface area contributed by atoms with E-state index in [0.717, 1.165) is 27.6 Å². The van der Waals surface area contributed by atoms with Crippen molar-refractivity contribution in [3.8, 4) is 17.0 Å². The van der Waals surface area contributed by atoms with Gasteiger partial charge in [0.1, 0.15) is 11.4 Å². The molecule has 0 spiro atoms. The number of nitrogens with zero attached hydrogens (tertiary/aromatic N) is 3. The van der Waals surface area contributed by atoms with Crippen LogP contribution >= 0.6 is 11.6 Å². The van der Waals surface area contributed by atoms with E-state index in [-0.39, 0.29) is 12.3 Å². The Balaban J connectivity index is 1.79. The maximum absolute atomic E-state index is 12.5. The summed E-state index contributed by atoms with van der Waals surface area (Å²) in [6.45, 7) is 2.48. The fourth-order valence-corrected chi connectivity index (χ4v) is 3.49. The summed E-state index contributed by atoms with van der Waals surface area (Å²) in [7, 11) is 1.63. The van der Waals surface area contributed by atoms with Crippen molar-refractivity contribution < 1.29 is 14.3 Å². The highest BCUT2D eigenvalue weighted by Gasteiger charge is 2.22. The van der Waals surface area contributed by atoms with Gasteiger partial charge in [-0.1, -0.05) is 47.1 Å². The Morgan fingerprint density at radius 2 is 1.77 bits per heavy atom. The highest BCUT2D eigenvalue weighted by atomic mass is 35.5. The van der Waals surface area contributed by atoms with Gasteiger partial charge in [-0.05, 0) is 53.6 Å². The lowest BCUT2D eigenvalue weighted by molar-refractivity contribution is 0.0520. The van der Waals surface area contributed by atoms with Gasteiger partial charge >= 0.3 is 5.97 Å². The number of esters is 1. The van der Waals surface area contributed by atoms with Crippen LogP contribution in [0.2, 0.25) is 5.02 Å². The smallest absolute Gasteiger partial charge is 0.361 e. The number of hydrogen-bond donors (Lipinski definition) is 0. The predicted octanol–water partition coefficient (Wildman–Crippen LogP) is 4.99. The molecule has 30 heavy (non-hydrogen) atoms. The molecule has 4 rings (SSSR count). The van der Waals surface area contributed by atoms with E-state index >= 15 is 0 Å². The standard InChI is InChI=1S/C23H20ClN3O3/c1-3-30-23(28)21-22(18-7-6-17-13-19(24)9-8-16(17)12-18)27(26-25-21)14-15-4-10-20(29-2)11-5-15/h4-13H,3,14H2,1-2H3. The summed E-state index contributed by atoms with van der Waals surface area (Å²) in [6, 6.07) is 19.3. The normalized spacial score (nSPS) is 10.9. The molecule has 0 aliphatic carbocycles. The van der Waals surface area contributed by atoms with E-state index < -0.39 is 5.97 Å². The van der Waals surface area contributed by atoms with Crippen molar-refractivity contribution in [3.05, 3.63) is 76.9 Å². The van der Waals surface area contributed by atoms with E-state index in [4.69, 9.17) is 21.1 Å². The molecule has 7 heteroatoms. The maximum atomic E-state index is 12.5. The van der Waals surface area contributed by atoms with E-state index in [1.54, 1.807) is 18.7 Å². The summed E-state index contributed by atoms with van der Waals surface area (Å²) in [5.41, 5.74) is 2.64. The van der Waals surface area contributed by atoms with Crippen LogP contribution in [0, 0.1) is 0 Å². The average molecular weight is 422 g/mol. The van der Waals surface area contributed by atoms with E-state index in [2.05, 4.69) is 10.3 Å². The number of aromatic nitrogens is 3. The Bertz CT molecular complexity index is 1200. The van der Waals surface area contributed by atoms with Gasteiger partial charge in [0.2, 0.25) is 0 Å². The average Bonchev–Trinajstić information content (AvgIpc) is 3.17. The molecular formula is C23H20ClN3O3. The van der Waals surface area contributed by atoms with Crippen molar-refractivity contribution in [1.29, 1.82) is 0 Å². The van der Waals surface area contributed by atoms with Gasteiger partial charge in [-0.15, -0.1) is 5.10 Å². The summed E-state index contributed by atoms with van der Waals surface area (Å²) in [4.78, 5) is 12.5. The number of hydrogen-bond acceptors (Lipinski definition) is 5. The first-order valence-electron chi connectivity index (χ1n) is 9.52. The first-order chi connectivity index (χ1) is 14.6. The molecule has 0 aliphatic rings. The number of rotatable bonds is 6. The van der Waals surface area contributed by atoms with Crippen molar-refractivity contribution >= 4 is 28.3 Å². The summed E-state index contributed by atoms with van der Waals surface area (Å²) >= 11 is 6.10. The van der Waals surface area contributed by atoms with E-state index in [1.165, 1.54) is 0 Å². The molecule has 4 aromatic rings. The molecule has 0 bridgehead atoms. The molecule has 0 fully saturated rings. The molecule has 152 valence electrons. The molecule has 0 N–H and O–H groups in total. The molecule has 0 saturated heterocycles. The molecule has 0 atom stereocenters. The number of benzene rings is 3. The van der Waals surface area contributed by atoms with E-state index in [9.17, 15) is 4.79 Å². The van der Waals surface area contributed by atoms with Gasteiger partial charge in [0.25, 0.3) is 0 Å². The van der Waals surface area contributed by atoms with Crippen LogP contribution in [0.4, 0.5) is 0 Å². The molecule has 0 radical (unpaired) electrons. The lowest BCUT2D eigenvalue weighted by Gasteiger charge is -2.10. The molecule has 1 heterocycles. The number of ether oxygens (including phenoxy) is 2. The SMILES string of the molecule is CCOC(=O)c1nnn(Cc2ccc(OC)cc2)c1-c1ccc2cc(Cl)ccc2c1. The first kappa shape index (κ1) is 19.9. The minimum absolute atomic E-state index is 0.193. The van der Waals surface area contributed by atoms with Crippen LogP contribution < -0.4 is 4.74 Å². The Kier molecular flexibility index (Phi) is 5.68. The van der Waals surface area contributed by atoms with Crippen molar-refractivity contribution in [2.75, 3.05) is 13.7 Å². The van der Waals surface area contributed by atoms with Gasteiger partial charge in [0.15, 0.2) is 5.69 Å².